The molecular weight excluding hydrogens is 577 g/mol. The lowest BCUT2D eigenvalue weighted by Crippen LogP contribution is -2.29. The maximum Gasteiger partial charge on any atom is 0.135 e. The molecule has 9 aromatic rings. The molecule has 44 heavy (non-hydrogen) atoms. The smallest absolute Gasteiger partial charge is 0.135 e. The number of hydrogen-bond acceptors (Lipinski definition) is 5. The Hall–Kier alpha value is -5.10. The maximum atomic E-state index is 6.20. The Bertz CT molecular complexity index is 2640. The number of anilines is 2. The highest BCUT2D eigenvalue weighted by atomic mass is 32.1. The Morgan fingerprint density at radius 3 is 2.18 bits per heavy atom. The van der Waals surface area contributed by atoms with Crippen molar-refractivity contribution in [1.82, 2.24) is 5.32 Å². The highest BCUT2D eigenvalue weighted by Crippen LogP contribution is 2.43. The summed E-state index contributed by atoms with van der Waals surface area (Å²) in [4.78, 5) is 3.68. The summed E-state index contributed by atoms with van der Waals surface area (Å²) in [5.74, 6) is 1.07. The van der Waals surface area contributed by atoms with Crippen molar-refractivity contribution in [3.05, 3.63) is 138 Å². The zero-order valence-electron chi connectivity index (χ0n) is 23.5. The number of benzene rings is 6. The van der Waals surface area contributed by atoms with Gasteiger partial charge >= 0.3 is 0 Å². The molecule has 0 fully saturated rings. The van der Waals surface area contributed by atoms with Crippen LogP contribution in [0.25, 0.3) is 69.0 Å². The van der Waals surface area contributed by atoms with Crippen molar-refractivity contribution in [1.29, 1.82) is 0 Å². The van der Waals surface area contributed by atoms with Gasteiger partial charge in [0, 0.05) is 58.4 Å². The summed E-state index contributed by atoms with van der Waals surface area (Å²) in [5, 5.41) is 12.6. The van der Waals surface area contributed by atoms with E-state index in [1.165, 1.54) is 51.5 Å². The molecule has 1 aliphatic heterocycles. The van der Waals surface area contributed by atoms with E-state index in [2.05, 4.69) is 125 Å². The molecule has 0 atom stereocenters. The van der Waals surface area contributed by atoms with Gasteiger partial charge in [0.05, 0.1) is 0 Å². The fourth-order valence-corrected chi connectivity index (χ4v) is 9.11. The third kappa shape index (κ3) is 3.60. The van der Waals surface area contributed by atoms with Gasteiger partial charge in [0.2, 0.25) is 0 Å². The normalized spacial score (nSPS) is 13.2. The Labute approximate surface area is 260 Å². The van der Waals surface area contributed by atoms with E-state index in [0.717, 1.165) is 45.7 Å². The molecule has 3 aromatic heterocycles. The van der Waals surface area contributed by atoms with Crippen LogP contribution in [0.1, 0.15) is 10.4 Å². The number of furan rings is 1. The van der Waals surface area contributed by atoms with Crippen molar-refractivity contribution in [2.24, 2.45) is 0 Å². The van der Waals surface area contributed by atoms with Crippen LogP contribution in [-0.2, 0) is 6.54 Å². The third-order valence-electron chi connectivity index (χ3n) is 8.88. The van der Waals surface area contributed by atoms with E-state index in [9.17, 15) is 0 Å². The number of nitrogens with one attached hydrogen (secondary N) is 1. The van der Waals surface area contributed by atoms with Crippen LogP contribution < -0.4 is 10.2 Å². The second kappa shape index (κ2) is 9.20. The Kier molecular flexibility index (Phi) is 5.09. The van der Waals surface area contributed by atoms with Gasteiger partial charge in [-0.3, -0.25) is 4.90 Å². The Morgan fingerprint density at radius 1 is 0.545 bits per heavy atom. The predicted octanol–water partition coefficient (Wildman–Crippen LogP) is 11.6. The molecule has 1 aliphatic rings. The molecule has 208 valence electrons. The lowest BCUT2D eigenvalue weighted by Gasteiger charge is -2.30. The van der Waals surface area contributed by atoms with Gasteiger partial charge in [-0.25, -0.2) is 0 Å². The average Bonchev–Trinajstić information content (AvgIpc) is 3.74. The standard InChI is InChI=1S/C39H24N2OS2/c1-2-8-24-18-36-31(17-23(24)7-1)32-22-40-39(21-38(32)44-36)41(25-14-16-34-30(19-25)27-9-3-5-11-33(27)42-34)26-13-15-29-28-10-4-6-12-35(28)43-37(29)20-26/h1-21,40H,22H2. The first kappa shape index (κ1) is 24.4. The van der Waals surface area contributed by atoms with Crippen LogP contribution in [0, 0.1) is 0 Å². The third-order valence-corrected chi connectivity index (χ3v) is 11.2. The molecular formula is C39H24N2OS2. The van der Waals surface area contributed by atoms with Crippen LogP contribution in [0.5, 0.6) is 0 Å². The second-order valence-electron chi connectivity index (χ2n) is 11.4. The van der Waals surface area contributed by atoms with Crippen molar-refractivity contribution in [3.63, 3.8) is 0 Å². The molecule has 3 nitrogen and oxygen atoms in total. The van der Waals surface area contributed by atoms with Crippen molar-refractivity contribution < 1.29 is 4.42 Å². The topological polar surface area (TPSA) is 28.4 Å². The Balaban J connectivity index is 1.19. The van der Waals surface area contributed by atoms with Gasteiger partial charge in [-0.2, -0.15) is 0 Å². The van der Waals surface area contributed by atoms with Gasteiger partial charge in [0.1, 0.15) is 17.0 Å². The molecule has 0 bridgehead atoms. The summed E-state index contributed by atoms with van der Waals surface area (Å²) >= 11 is 3.74. The lowest BCUT2D eigenvalue weighted by atomic mass is 10.0. The molecule has 0 amide bonds. The van der Waals surface area contributed by atoms with E-state index in [-0.39, 0.29) is 0 Å². The van der Waals surface area contributed by atoms with Crippen LogP contribution in [-0.4, -0.2) is 0 Å². The van der Waals surface area contributed by atoms with Crippen LogP contribution in [0.2, 0.25) is 0 Å². The highest BCUT2D eigenvalue weighted by molar-refractivity contribution is 7.25. The van der Waals surface area contributed by atoms with Crippen molar-refractivity contribution >= 4 is 103 Å². The van der Waals surface area contributed by atoms with E-state index in [1.807, 2.05) is 34.8 Å². The zero-order chi connectivity index (χ0) is 28.8. The van der Waals surface area contributed by atoms with Gasteiger partial charge in [-0.1, -0.05) is 66.7 Å². The van der Waals surface area contributed by atoms with E-state index >= 15 is 0 Å². The first-order valence-electron chi connectivity index (χ1n) is 14.8. The average molecular weight is 601 g/mol. The van der Waals surface area contributed by atoms with E-state index in [1.54, 1.807) is 0 Å². The van der Waals surface area contributed by atoms with Crippen molar-refractivity contribution in [3.8, 4) is 0 Å². The number of rotatable bonds is 3. The quantitative estimate of drug-likeness (QED) is 0.219. The fraction of sp³-hybridized carbons (Fsp3) is 0.0256. The molecule has 6 aromatic carbocycles. The minimum atomic E-state index is 0.776. The first-order valence-corrected chi connectivity index (χ1v) is 16.4. The molecule has 0 saturated carbocycles. The minimum Gasteiger partial charge on any atom is -0.456 e. The summed E-state index contributed by atoms with van der Waals surface area (Å²) in [6, 6.07) is 43.7. The molecule has 0 saturated heterocycles. The number of fused-ring (bicyclic) bond motifs is 10. The summed E-state index contributed by atoms with van der Waals surface area (Å²) in [6.45, 7) is 0.776. The monoisotopic (exact) mass is 600 g/mol. The summed E-state index contributed by atoms with van der Waals surface area (Å²) in [7, 11) is 0. The first-order chi connectivity index (χ1) is 21.8. The minimum absolute atomic E-state index is 0.776. The molecule has 1 N–H and O–H groups in total. The molecule has 4 heterocycles. The van der Waals surface area contributed by atoms with Crippen LogP contribution >= 0.6 is 22.7 Å². The number of nitrogens with zero attached hydrogens (tertiary/aromatic N) is 1. The SMILES string of the molecule is C1=C(N(c2ccc3c(c2)sc2ccccc23)c2ccc3oc4ccccc4c3c2)NCc2c1sc1cc3ccccc3cc21. The van der Waals surface area contributed by atoms with Crippen molar-refractivity contribution in [2.45, 2.75) is 6.54 Å². The Morgan fingerprint density at radius 2 is 1.25 bits per heavy atom. The van der Waals surface area contributed by atoms with Crippen molar-refractivity contribution in [2.75, 3.05) is 4.90 Å². The summed E-state index contributed by atoms with van der Waals surface area (Å²) in [6.07, 6.45) is 2.33. The molecule has 0 radical (unpaired) electrons. The van der Waals surface area contributed by atoms with Crippen LogP contribution in [0.4, 0.5) is 11.4 Å². The van der Waals surface area contributed by atoms with Gasteiger partial charge in [0.15, 0.2) is 0 Å². The predicted molar refractivity (Wildman–Crippen MR) is 189 cm³/mol. The molecule has 0 spiro atoms. The number of hydrogen-bond donors (Lipinski definition) is 1. The highest BCUT2D eigenvalue weighted by Gasteiger charge is 2.23. The summed E-state index contributed by atoms with van der Waals surface area (Å²) in [5.41, 5.74) is 5.41. The molecule has 5 heteroatoms. The number of para-hydroxylation sites is 1. The van der Waals surface area contributed by atoms with Crippen LogP contribution in [0.15, 0.2) is 132 Å². The summed E-state index contributed by atoms with van der Waals surface area (Å²) < 4.78 is 10.1. The van der Waals surface area contributed by atoms with Gasteiger partial charge in [-0.15, -0.1) is 22.7 Å². The lowest BCUT2D eigenvalue weighted by molar-refractivity contribution is 0.669. The van der Waals surface area contributed by atoms with Crippen LogP contribution in [0.3, 0.4) is 0 Å². The zero-order valence-corrected chi connectivity index (χ0v) is 25.1. The molecule has 10 rings (SSSR count). The molecule has 0 unspecified atom stereocenters. The fourth-order valence-electron chi connectivity index (χ4n) is 6.78. The van der Waals surface area contributed by atoms with E-state index < -0.39 is 0 Å². The second-order valence-corrected chi connectivity index (χ2v) is 13.6. The molecule has 0 aliphatic carbocycles. The van der Waals surface area contributed by atoms with E-state index in [0.29, 0.717) is 0 Å². The largest absolute Gasteiger partial charge is 0.456 e. The number of thiophene rings is 2. The van der Waals surface area contributed by atoms with Gasteiger partial charge < -0.3 is 9.73 Å². The van der Waals surface area contributed by atoms with E-state index in [4.69, 9.17) is 4.42 Å². The van der Waals surface area contributed by atoms with Gasteiger partial charge in [0.25, 0.3) is 0 Å². The van der Waals surface area contributed by atoms with Gasteiger partial charge in [-0.05, 0) is 82.4 Å². The maximum absolute atomic E-state index is 6.20.